The van der Waals surface area contributed by atoms with Crippen LogP contribution in [0.15, 0.2) is 42.9 Å². The minimum Gasteiger partial charge on any atom is -0.394 e. The van der Waals surface area contributed by atoms with E-state index in [1.165, 1.54) is 47.1 Å². The number of nitrogens with two attached hydrogens (primary N) is 3. The number of carbonyl (C=O) groups excluding carboxylic acids is 18. The average Bonchev–Trinajstić information content (AvgIpc) is 1.03. The first-order valence-electron chi connectivity index (χ1n) is 35.6. The molecule has 15 atom stereocenters. The predicted octanol–water partition coefficient (Wildman–Crippen LogP) is -8.43. The molecule has 0 saturated carbocycles. The van der Waals surface area contributed by atoms with Crippen molar-refractivity contribution in [3.05, 3.63) is 54.1 Å². The fourth-order valence-electron chi connectivity index (χ4n) is 10.6. The summed E-state index contributed by atoms with van der Waals surface area (Å²) < 4.78 is 0. The molecular weight excluding hydrogens is 1440 g/mol. The number of H-pyrrole nitrogens is 1. The lowest BCUT2D eigenvalue weighted by Crippen LogP contribution is -2.62. The van der Waals surface area contributed by atoms with Crippen LogP contribution in [0, 0.1) is 23.7 Å². The predicted molar refractivity (Wildman–Crippen MR) is 391 cm³/mol. The Bertz CT molecular complexity index is 3520. The van der Waals surface area contributed by atoms with E-state index in [-0.39, 0.29) is 55.6 Å². The van der Waals surface area contributed by atoms with Crippen LogP contribution < -0.4 is 97.0 Å². The Kier molecular flexibility index (Phi) is 40.4. The average molecular weight is 1560 g/mol. The van der Waals surface area contributed by atoms with Gasteiger partial charge in [-0.2, -0.15) is 0 Å². The van der Waals surface area contributed by atoms with E-state index >= 15 is 0 Å². The standard InChI is InChI=1S/C69H110N20O21/c1-31(2)19-42(82-67(108)50(29-91)87-59(100)37(11)78-62(103)48(25-52(71)95)84-65(106)45(22-40-17-15-14-16-18-40)80-57(98)35(9)76-39(13)93)61(102)77-36(10)58(99)79-43(20-32(3)4)63(104)83-47(24-51(70)94)60(101)74-27-53(96)88-55(38(12)92)69(110)89-54(34(7)8)68(109)85-46(23-41-26-73-30-75-41)66(107)81-44(21-33(5)6)64(105)86-49(28-90)56(72)97/h14-18,26,30-38,42-50,54-55,90-92H,19-25,27-29H2,1-13H3,(H2,70,94)(H2,71,95)(H2,72,97)(H,73,75)(H,74,101)(H,76,93)(H,77,102)(H,78,103)(H,79,99)(H,80,98)(H,81,107)(H,82,108)(H,83,104)(H,84,106)(H,85,109)(H,86,105)(H,87,100)(H,88,96)(H,89,110). The van der Waals surface area contributed by atoms with E-state index in [0.29, 0.717) is 5.56 Å². The number of hydrogen-bond donors (Lipinski definition) is 22. The number of aliphatic hydroxyl groups excluding tert-OH is 3. The van der Waals surface area contributed by atoms with Crippen LogP contribution in [-0.4, -0.2) is 242 Å². The number of nitrogens with zero attached hydrogens (tertiary/aromatic N) is 1. The van der Waals surface area contributed by atoms with Crippen LogP contribution in [-0.2, 0) is 99.1 Å². The summed E-state index contributed by atoms with van der Waals surface area (Å²) in [4.78, 5) is 247. The molecule has 0 fully saturated rings. The molecule has 41 heteroatoms. The first-order valence-corrected chi connectivity index (χ1v) is 35.6. The number of imidazole rings is 1. The van der Waals surface area contributed by atoms with Gasteiger partial charge in [-0.15, -0.1) is 0 Å². The maximum Gasteiger partial charge on any atom is 0.245 e. The fourth-order valence-corrected chi connectivity index (χ4v) is 10.6. The molecule has 0 radical (unpaired) electrons. The number of hydrogen-bond acceptors (Lipinski definition) is 22. The van der Waals surface area contributed by atoms with E-state index in [4.69, 9.17) is 17.2 Å². The van der Waals surface area contributed by atoms with Crippen molar-refractivity contribution in [2.24, 2.45) is 40.9 Å². The van der Waals surface area contributed by atoms with E-state index in [0.717, 1.165) is 13.8 Å². The number of rotatable bonds is 48. The van der Waals surface area contributed by atoms with Gasteiger partial charge in [-0.1, -0.05) is 85.7 Å². The smallest absolute Gasteiger partial charge is 0.245 e. The second-order valence-electron chi connectivity index (χ2n) is 28.1. The highest BCUT2D eigenvalue weighted by molar-refractivity contribution is 6.01. The molecule has 1 heterocycles. The molecular formula is C69H110N20O21. The van der Waals surface area contributed by atoms with E-state index in [1.54, 1.807) is 71.9 Å². The van der Waals surface area contributed by atoms with E-state index < -0.39 is 236 Å². The number of aromatic nitrogens is 2. The summed E-state index contributed by atoms with van der Waals surface area (Å²) in [6.45, 7) is 16.4. The van der Waals surface area contributed by atoms with Gasteiger partial charge in [0, 0.05) is 26.0 Å². The summed E-state index contributed by atoms with van der Waals surface area (Å²) in [7, 11) is 0. The normalized spacial score (nSPS) is 15.3. The number of carbonyl (C=O) groups is 18. The Morgan fingerprint density at radius 3 is 1.17 bits per heavy atom. The third-order valence-corrected chi connectivity index (χ3v) is 16.3. The van der Waals surface area contributed by atoms with Gasteiger partial charge < -0.3 is 117 Å². The van der Waals surface area contributed by atoms with Crippen molar-refractivity contribution in [1.82, 2.24) is 89.7 Å². The topological polar surface area (TPSA) is 655 Å². The van der Waals surface area contributed by atoms with Crippen LogP contribution in [0.4, 0.5) is 0 Å². The van der Waals surface area contributed by atoms with Crippen LogP contribution in [0.5, 0.6) is 0 Å². The van der Waals surface area contributed by atoms with Crippen molar-refractivity contribution in [2.75, 3.05) is 19.8 Å². The van der Waals surface area contributed by atoms with Crippen LogP contribution in [0.3, 0.4) is 0 Å². The SMILES string of the molecule is CC(=O)NC(C)C(=O)NC(Cc1ccccc1)C(=O)NC(CC(N)=O)C(=O)NC(C)C(=O)NC(CO)C(=O)NC(CC(C)C)C(=O)NC(C)C(=O)NC(CC(C)C)C(=O)NC(CC(N)=O)C(=O)NCC(=O)NC(C(=O)NC(C(=O)NC(Cc1c[nH]cn1)C(=O)NC(CC(C)C)C(=O)NC(CO)C(N)=O)C(C)C)C(C)O. The van der Waals surface area contributed by atoms with Crippen molar-refractivity contribution in [3.63, 3.8) is 0 Å². The van der Waals surface area contributed by atoms with E-state index in [9.17, 15) is 102 Å². The minimum absolute atomic E-state index is 0.0298. The van der Waals surface area contributed by atoms with Crippen molar-refractivity contribution in [3.8, 4) is 0 Å². The van der Waals surface area contributed by atoms with E-state index in [2.05, 4.69) is 89.7 Å². The van der Waals surface area contributed by atoms with Gasteiger partial charge in [0.1, 0.15) is 84.6 Å². The fraction of sp³-hybridized carbons (Fsp3) is 0.609. The van der Waals surface area contributed by atoms with Gasteiger partial charge >= 0.3 is 0 Å². The first-order chi connectivity index (χ1) is 51.4. The third-order valence-electron chi connectivity index (χ3n) is 16.3. The highest BCUT2D eigenvalue weighted by Crippen LogP contribution is 2.14. The van der Waals surface area contributed by atoms with Gasteiger partial charge in [-0.3, -0.25) is 86.3 Å². The van der Waals surface area contributed by atoms with Crippen molar-refractivity contribution in [1.29, 1.82) is 0 Å². The molecule has 0 aliphatic rings. The van der Waals surface area contributed by atoms with Crippen molar-refractivity contribution in [2.45, 2.75) is 226 Å². The summed E-state index contributed by atoms with van der Waals surface area (Å²) in [5, 5.41) is 66.4. The second-order valence-corrected chi connectivity index (χ2v) is 28.1. The van der Waals surface area contributed by atoms with Crippen molar-refractivity contribution < 1.29 is 102 Å². The molecule has 15 unspecified atom stereocenters. The number of nitrogens with one attached hydrogen (secondary N) is 16. The van der Waals surface area contributed by atoms with Gasteiger partial charge in [-0.25, -0.2) is 4.98 Å². The lowest BCUT2D eigenvalue weighted by molar-refractivity contribution is -0.137. The molecule has 1 aromatic heterocycles. The van der Waals surface area contributed by atoms with Gasteiger partial charge in [0.25, 0.3) is 0 Å². The van der Waals surface area contributed by atoms with Gasteiger partial charge in [0.15, 0.2) is 0 Å². The molecule has 0 bridgehead atoms. The second kappa shape index (κ2) is 46.9. The zero-order chi connectivity index (χ0) is 83.6. The van der Waals surface area contributed by atoms with Crippen LogP contribution >= 0.6 is 0 Å². The monoisotopic (exact) mass is 1550 g/mol. The zero-order valence-electron chi connectivity index (χ0n) is 64.0. The molecule has 612 valence electrons. The number of aromatic amines is 1. The summed E-state index contributed by atoms with van der Waals surface area (Å²) in [6, 6.07) is -13.0. The Balaban J connectivity index is 2.22. The molecule has 2 aromatic rings. The maximum atomic E-state index is 14.1. The molecule has 0 aliphatic carbocycles. The van der Waals surface area contributed by atoms with Crippen LogP contribution in [0.25, 0.3) is 0 Å². The lowest BCUT2D eigenvalue weighted by Gasteiger charge is -2.29. The highest BCUT2D eigenvalue weighted by Gasteiger charge is 2.39. The summed E-state index contributed by atoms with van der Waals surface area (Å²) in [5.74, 6) is -19.6. The molecule has 25 N–H and O–H groups in total. The first kappa shape index (κ1) is 94.8. The quantitative estimate of drug-likeness (QED) is 0.0293. The summed E-state index contributed by atoms with van der Waals surface area (Å²) in [6.07, 6.45) is -1.16. The molecule has 18 amide bonds. The van der Waals surface area contributed by atoms with Crippen LogP contribution in [0.1, 0.15) is 133 Å². The van der Waals surface area contributed by atoms with Gasteiger partial charge in [0.05, 0.1) is 50.7 Å². The minimum atomic E-state index is -1.82. The zero-order valence-corrected chi connectivity index (χ0v) is 64.0. The van der Waals surface area contributed by atoms with Gasteiger partial charge in [0.2, 0.25) is 106 Å². The number of aliphatic hydroxyl groups is 3. The van der Waals surface area contributed by atoms with E-state index in [1.807, 2.05) is 0 Å². The number of amides is 18. The summed E-state index contributed by atoms with van der Waals surface area (Å²) >= 11 is 0. The molecule has 110 heavy (non-hydrogen) atoms. The Morgan fingerprint density at radius 1 is 0.400 bits per heavy atom. The largest absolute Gasteiger partial charge is 0.394 e. The number of primary amides is 3. The Labute approximate surface area is 635 Å². The lowest BCUT2D eigenvalue weighted by atomic mass is 10.00. The third kappa shape index (κ3) is 34.3. The van der Waals surface area contributed by atoms with Gasteiger partial charge in [-0.05, 0) is 76.2 Å². The number of benzene rings is 1. The Hall–Kier alpha value is -11.2. The molecule has 2 rings (SSSR count). The highest BCUT2D eigenvalue weighted by atomic mass is 16.3. The molecule has 0 saturated heterocycles. The molecule has 41 nitrogen and oxygen atoms in total. The van der Waals surface area contributed by atoms with Crippen molar-refractivity contribution >= 4 is 106 Å². The molecule has 1 aromatic carbocycles. The summed E-state index contributed by atoms with van der Waals surface area (Å²) in [5.41, 5.74) is 17.0. The maximum absolute atomic E-state index is 14.1. The van der Waals surface area contributed by atoms with Crippen LogP contribution in [0.2, 0.25) is 0 Å². The Morgan fingerprint density at radius 2 is 0.764 bits per heavy atom. The molecule has 0 aliphatic heterocycles. The molecule has 0 spiro atoms.